The molecular formula is C28H33NO5. The molecule has 1 saturated heterocycles. The van der Waals surface area contributed by atoms with E-state index in [0.717, 1.165) is 77.4 Å². The summed E-state index contributed by atoms with van der Waals surface area (Å²) in [4.78, 5) is 13.5. The molecule has 34 heavy (non-hydrogen) atoms. The number of carboxylic acids is 1. The van der Waals surface area contributed by atoms with E-state index < -0.39 is 5.97 Å². The van der Waals surface area contributed by atoms with Gasteiger partial charge in [0, 0.05) is 26.1 Å². The second kappa shape index (κ2) is 11.4. The third-order valence-corrected chi connectivity index (χ3v) is 6.13. The second-order valence-corrected chi connectivity index (χ2v) is 8.43. The monoisotopic (exact) mass is 463 g/mol. The largest absolute Gasteiger partial charge is 0.493 e. The average molecular weight is 464 g/mol. The van der Waals surface area contributed by atoms with Gasteiger partial charge in [-0.25, -0.2) is 0 Å². The normalized spacial score (nSPS) is 14.3. The van der Waals surface area contributed by atoms with Crippen LogP contribution >= 0.6 is 0 Å². The predicted molar refractivity (Wildman–Crippen MR) is 134 cm³/mol. The van der Waals surface area contributed by atoms with Crippen molar-refractivity contribution in [1.29, 1.82) is 0 Å². The van der Waals surface area contributed by atoms with Gasteiger partial charge in [0.1, 0.15) is 11.5 Å². The molecular weight excluding hydrogens is 430 g/mol. The van der Waals surface area contributed by atoms with Gasteiger partial charge in [0.2, 0.25) is 0 Å². The van der Waals surface area contributed by atoms with Gasteiger partial charge in [-0.15, -0.1) is 0 Å². The van der Waals surface area contributed by atoms with Crippen LogP contribution in [-0.2, 0) is 22.5 Å². The minimum absolute atomic E-state index is 0.105. The third-order valence-electron chi connectivity index (χ3n) is 6.13. The van der Waals surface area contributed by atoms with Gasteiger partial charge in [0.15, 0.2) is 0 Å². The lowest BCUT2D eigenvalue weighted by atomic mass is 9.92. The molecule has 1 N–H and O–H groups in total. The number of nitrogens with zero attached hydrogens (tertiary/aromatic N) is 1. The Bertz CT molecular complexity index is 1110. The lowest BCUT2D eigenvalue weighted by molar-refractivity contribution is -0.136. The summed E-state index contributed by atoms with van der Waals surface area (Å²) in [6, 6.07) is 16.5. The summed E-state index contributed by atoms with van der Waals surface area (Å²) in [5, 5.41) is 11.3. The molecule has 0 bridgehead atoms. The second-order valence-electron chi connectivity index (χ2n) is 8.43. The molecule has 0 spiro atoms. The first-order valence-corrected chi connectivity index (χ1v) is 12.1. The first kappa shape index (κ1) is 24.0. The van der Waals surface area contributed by atoms with E-state index >= 15 is 0 Å². The number of benzene rings is 3. The number of morpholine rings is 1. The van der Waals surface area contributed by atoms with Crippen LogP contribution < -0.4 is 9.47 Å². The van der Waals surface area contributed by atoms with E-state index in [2.05, 4.69) is 35.2 Å². The Balaban J connectivity index is 1.82. The van der Waals surface area contributed by atoms with E-state index in [9.17, 15) is 9.90 Å². The number of hydrogen-bond donors (Lipinski definition) is 1. The molecule has 1 heterocycles. The van der Waals surface area contributed by atoms with Crippen molar-refractivity contribution in [3.05, 3.63) is 59.7 Å². The Morgan fingerprint density at radius 1 is 0.971 bits per heavy atom. The highest BCUT2D eigenvalue weighted by molar-refractivity contribution is 6.01. The Kier molecular flexibility index (Phi) is 8.03. The molecule has 0 unspecified atom stereocenters. The standard InChI is InChI=1S/C28H33NO5/c1-3-33-25-17-20(19-29-13-15-32-16-14-29)18-26(34-4-2)28(25)24-10-6-8-22-21(11-12-27(30)31)7-5-9-23(22)24/h5-10,17-18H,3-4,11-16,19H2,1-2H3,(H,30,31). The van der Waals surface area contributed by atoms with Gasteiger partial charge in [-0.05, 0) is 59.9 Å². The van der Waals surface area contributed by atoms with E-state index in [4.69, 9.17) is 14.2 Å². The highest BCUT2D eigenvalue weighted by Gasteiger charge is 2.20. The zero-order valence-electron chi connectivity index (χ0n) is 20.0. The van der Waals surface area contributed by atoms with Crippen LogP contribution in [-0.4, -0.2) is 55.5 Å². The zero-order valence-corrected chi connectivity index (χ0v) is 20.0. The molecule has 180 valence electrons. The van der Waals surface area contributed by atoms with Gasteiger partial charge >= 0.3 is 5.97 Å². The highest BCUT2D eigenvalue weighted by Crippen LogP contribution is 2.43. The molecule has 4 rings (SSSR count). The number of rotatable bonds is 10. The average Bonchev–Trinajstić information content (AvgIpc) is 2.83. The molecule has 0 saturated carbocycles. The molecule has 0 amide bonds. The van der Waals surface area contributed by atoms with Crippen molar-refractivity contribution in [2.24, 2.45) is 0 Å². The SMILES string of the molecule is CCOc1cc(CN2CCOCC2)cc(OCC)c1-c1cccc2c(CCC(=O)O)cccc12. The summed E-state index contributed by atoms with van der Waals surface area (Å²) in [6.45, 7) is 9.25. The quantitative estimate of drug-likeness (QED) is 0.448. The molecule has 0 aliphatic carbocycles. The van der Waals surface area contributed by atoms with Gasteiger partial charge in [-0.3, -0.25) is 9.69 Å². The fourth-order valence-corrected chi connectivity index (χ4v) is 4.61. The van der Waals surface area contributed by atoms with Crippen LogP contribution in [0.15, 0.2) is 48.5 Å². The minimum atomic E-state index is -0.790. The van der Waals surface area contributed by atoms with Crippen LogP contribution in [0.2, 0.25) is 0 Å². The maximum absolute atomic E-state index is 11.2. The smallest absolute Gasteiger partial charge is 0.303 e. The molecule has 3 aromatic carbocycles. The lowest BCUT2D eigenvalue weighted by Gasteiger charge is -2.27. The third kappa shape index (κ3) is 5.51. The molecule has 0 atom stereocenters. The van der Waals surface area contributed by atoms with Crippen LogP contribution in [0.1, 0.15) is 31.4 Å². The van der Waals surface area contributed by atoms with Crippen LogP contribution in [0.25, 0.3) is 21.9 Å². The van der Waals surface area contributed by atoms with Crippen molar-refractivity contribution in [2.45, 2.75) is 33.2 Å². The van der Waals surface area contributed by atoms with E-state index in [-0.39, 0.29) is 6.42 Å². The summed E-state index contributed by atoms with van der Waals surface area (Å²) < 4.78 is 17.8. The van der Waals surface area contributed by atoms with Crippen molar-refractivity contribution >= 4 is 16.7 Å². The van der Waals surface area contributed by atoms with Crippen molar-refractivity contribution in [2.75, 3.05) is 39.5 Å². The molecule has 1 aliphatic rings. The number of carbonyl (C=O) groups is 1. The lowest BCUT2D eigenvalue weighted by Crippen LogP contribution is -2.35. The molecule has 0 aromatic heterocycles. The number of aryl methyl sites for hydroxylation is 1. The number of aliphatic carboxylic acids is 1. The van der Waals surface area contributed by atoms with Crippen molar-refractivity contribution in [1.82, 2.24) is 4.90 Å². The van der Waals surface area contributed by atoms with E-state index in [0.29, 0.717) is 19.6 Å². The van der Waals surface area contributed by atoms with Crippen molar-refractivity contribution < 1.29 is 24.1 Å². The van der Waals surface area contributed by atoms with Crippen LogP contribution in [0.3, 0.4) is 0 Å². The minimum Gasteiger partial charge on any atom is -0.493 e. The summed E-state index contributed by atoms with van der Waals surface area (Å²) in [5.41, 5.74) is 4.15. The van der Waals surface area contributed by atoms with Crippen LogP contribution in [0, 0.1) is 0 Å². The van der Waals surface area contributed by atoms with Crippen molar-refractivity contribution in [3.8, 4) is 22.6 Å². The van der Waals surface area contributed by atoms with Gasteiger partial charge < -0.3 is 19.3 Å². The summed E-state index contributed by atoms with van der Waals surface area (Å²) >= 11 is 0. The highest BCUT2D eigenvalue weighted by atomic mass is 16.5. The molecule has 1 aliphatic heterocycles. The van der Waals surface area contributed by atoms with E-state index in [1.165, 1.54) is 0 Å². The maximum atomic E-state index is 11.2. The number of carboxylic acid groups (broad SMARTS) is 1. The Morgan fingerprint density at radius 3 is 2.26 bits per heavy atom. The molecule has 0 radical (unpaired) electrons. The van der Waals surface area contributed by atoms with Crippen LogP contribution in [0.4, 0.5) is 0 Å². The Hall–Kier alpha value is -3.09. The Labute approximate surface area is 201 Å². The van der Waals surface area contributed by atoms with Gasteiger partial charge in [0.25, 0.3) is 0 Å². The zero-order chi connectivity index (χ0) is 23.9. The van der Waals surface area contributed by atoms with Gasteiger partial charge in [-0.2, -0.15) is 0 Å². The van der Waals surface area contributed by atoms with E-state index in [1.54, 1.807) is 0 Å². The van der Waals surface area contributed by atoms with Gasteiger partial charge in [-0.1, -0.05) is 36.4 Å². The fraction of sp³-hybridized carbons (Fsp3) is 0.393. The topological polar surface area (TPSA) is 68.2 Å². The van der Waals surface area contributed by atoms with E-state index in [1.807, 2.05) is 32.0 Å². The number of ether oxygens (including phenoxy) is 3. The first-order valence-electron chi connectivity index (χ1n) is 12.1. The molecule has 1 fully saturated rings. The van der Waals surface area contributed by atoms with Gasteiger partial charge in [0.05, 0.1) is 32.0 Å². The summed E-state index contributed by atoms with van der Waals surface area (Å²) in [5.74, 6) is 0.821. The maximum Gasteiger partial charge on any atom is 0.303 e. The number of fused-ring (bicyclic) bond motifs is 1. The predicted octanol–water partition coefficient (Wildman–Crippen LogP) is 5.15. The van der Waals surface area contributed by atoms with Crippen molar-refractivity contribution in [3.63, 3.8) is 0 Å². The first-order chi connectivity index (χ1) is 16.6. The fourth-order valence-electron chi connectivity index (χ4n) is 4.61. The molecule has 6 nitrogen and oxygen atoms in total. The number of hydrogen-bond acceptors (Lipinski definition) is 5. The molecule has 6 heteroatoms. The molecule has 3 aromatic rings. The Morgan fingerprint density at radius 2 is 1.62 bits per heavy atom. The summed E-state index contributed by atoms with van der Waals surface area (Å²) in [6.07, 6.45) is 0.596. The van der Waals surface area contributed by atoms with Crippen LogP contribution in [0.5, 0.6) is 11.5 Å². The summed E-state index contributed by atoms with van der Waals surface area (Å²) in [7, 11) is 0.